The van der Waals surface area contributed by atoms with Crippen molar-refractivity contribution in [3.8, 4) is 0 Å². The van der Waals surface area contributed by atoms with Gasteiger partial charge in [-0.25, -0.2) is 0 Å². The van der Waals surface area contributed by atoms with Crippen molar-refractivity contribution in [2.75, 3.05) is 39.3 Å². The van der Waals surface area contributed by atoms with Crippen LogP contribution >= 0.6 is 0 Å². The quantitative estimate of drug-likeness (QED) is 0.743. The van der Waals surface area contributed by atoms with Crippen molar-refractivity contribution in [3.05, 3.63) is 17.0 Å². The molecule has 0 unspecified atom stereocenters. The van der Waals surface area contributed by atoms with Crippen LogP contribution in [-0.2, 0) is 22.6 Å². The number of aromatic nitrogens is 2. The number of hydrogen-bond acceptors (Lipinski definition) is 4. The molecule has 0 atom stereocenters. The normalized spacial score (nSPS) is 15.4. The summed E-state index contributed by atoms with van der Waals surface area (Å²) in [6.07, 6.45) is 1.35. The van der Waals surface area contributed by atoms with Crippen molar-refractivity contribution >= 4 is 11.8 Å². The molecule has 0 saturated carbocycles. The summed E-state index contributed by atoms with van der Waals surface area (Å²) in [5.41, 5.74) is 3.11. The first kappa shape index (κ1) is 21.4. The van der Waals surface area contributed by atoms with Gasteiger partial charge in [-0.15, -0.1) is 0 Å². The summed E-state index contributed by atoms with van der Waals surface area (Å²) in [7, 11) is 0. The van der Waals surface area contributed by atoms with E-state index in [0.717, 1.165) is 49.6 Å². The fourth-order valence-electron chi connectivity index (χ4n) is 3.46. The summed E-state index contributed by atoms with van der Waals surface area (Å²) < 4.78 is 2.02. The average Bonchev–Trinajstić information content (AvgIpc) is 2.87. The molecule has 1 aliphatic heterocycles. The molecular weight excluding hydrogens is 342 g/mol. The van der Waals surface area contributed by atoms with Crippen LogP contribution in [0.2, 0.25) is 0 Å². The van der Waals surface area contributed by atoms with E-state index in [1.807, 2.05) is 23.4 Å². The predicted octanol–water partition coefficient (Wildman–Crippen LogP) is 1.37. The molecule has 1 aromatic rings. The molecule has 7 nitrogen and oxygen atoms in total. The fourth-order valence-corrected chi connectivity index (χ4v) is 3.46. The van der Waals surface area contributed by atoms with Crippen molar-refractivity contribution in [3.63, 3.8) is 0 Å². The zero-order valence-electron chi connectivity index (χ0n) is 17.5. The number of aryl methyl sites for hydroxylation is 1. The Morgan fingerprint density at radius 3 is 2.41 bits per heavy atom. The molecule has 0 radical (unpaired) electrons. The number of piperazine rings is 1. The summed E-state index contributed by atoms with van der Waals surface area (Å²) in [6, 6.07) is 0. The minimum Gasteiger partial charge on any atom is -0.355 e. The van der Waals surface area contributed by atoms with Crippen LogP contribution in [0.25, 0.3) is 0 Å². The summed E-state index contributed by atoms with van der Waals surface area (Å²) in [5, 5.41) is 7.51. The standard InChI is InChI=1S/C20H35N5O2/c1-6-7-21-19(26)14-23-8-10-24(11-9-23)20(27)12-18-16(4)22-25(17(18)5)13-15(2)3/h15H,6-14H2,1-5H3,(H,21,26). The molecule has 1 aromatic heterocycles. The Bertz CT molecular complexity index is 645. The van der Waals surface area contributed by atoms with Gasteiger partial charge in [0, 0.05) is 50.5 Å². The van der Waals surface area contributed by atoms with Gasteiger partial charge in [0.25, 0.3) is 0 Å². The summed E-state index contributed by atoms with van der Waals surface area (Å²) >= 11 is 0. The molecule has 0 spiro atoms. The lowest BCUT2D eigenvalue weighted by molar-refractivity contribution is -0.132. The molecule has 1 saturated heterocycles. The van der Waals surface area contributed by atoms with E-state index in [1.54, 1.807) is 0 Å². The van der Waals surface area contributed by atoms with Crippen molar-refractivity contribution < 1.29 is 9.59 Å². The minimum atomic E-state index is 0.0699. The number of carbonyl (C=O) groups excluding carboxylic acids is 2. The highest BCUT2D eigenvalue weighted by atomic mass is 16.2. The largest absolute Gasteiger partial charge is 0.355 e. The zero-order valence-corrected chi connectivity index (χ0v) is 17.5. The maximum atomic E-state index is 12.8. The fraction of sp³-hybridized carbons (Fsp3) is 0.750. The Kier molecular flexibility index (Phi) is 7.83. The third-order valence-electron chi connectivity index (χ3n) is 5.06. The highest BCUT2D eigenvalue weighted by Gasteiger charge is 2.24. The van der Waals surface area contributed by atoms with E-state index in [1.165, 1.54) is 0 Å². The first-order valence-corrected chi connectivity index (χ1v) is 10.1. The minimum absolute atomic E-state index is 0.0699. The Morgan fingerprint density at radius 1 is 1.15 bits per heavy atom. The van der Waals surface area contributed by atoms with Crippen LogP contribution in [0.3, 0.4) is 0 Å². The van der Waals surface area contributed by atoms with Crippen molar-refractivity contribution in [2.24, 2.45) is 5.92 Å². The second-order valence-corrected chi connectivity index (χ2v) is 7.91. The zero-order chi connectivity index (χ0) is 20.0. The molecule has 0 aromatic carbocycles. The lowest BCUT2D eigenvalue weighted by atomic mass is 10.1. The van der Waals surface area contributed by atoms with E-state index in [-0.39, 0.29) is 11.8 Å². The lowest BCUT2D eigenvalue weighted by Crippen LogP contribution is -2.51. The molecule has 27 heavy (non-hydrogen) atoms. The maximum absolute atomic E-state index is 12.8. The van der Waals surface area contributed by atoms with E-state index in [4.69, 9.17) is 0 Å². The summed E-state index contributed by atoms with van der Waals surface area (Å²) in [5.74, 6) is 0.745. The van der Waals surface area contributed by atoms with Crippen molar-refractivity contribution in [1.29, 1.82) is 0 Å². The number of carbonyl (C=O) groups is 2. The van der Waals surface area contributed by atoms with Crippen molar-refractivity contribution in [1.82, 2.24) is 24.9 Å². The molecule has 7 heteroatoms. The molecule has 1 aliphatic rings. The van der Waals surface area contributed by atoms with E-state index >= 15 is 0 Å². The third-order valence-corrected chi connectivity index (χ3v) is 5.06. The van der Waals surface area contributed by atoms with Gasteiger partial charge in [-0.2, -0.15) is 5.10 Å². The topological polar surface area (TPSA) is 70.5 Å². The average molecular weight is 378 g/mol. The van der Waals surface area contributed by atoms with E-state index in [2.05, 4.69) is 36.1 Å². The van der Waals surface area contributed by atoms with Gasteiger partial charge in [0.2, 0.25) is 11.8 Å². The molecule has 2 rings (SSSR count). The van der Waals surface area contributed by atoms with Gasteiger partial charge >= 0.3 is 0 Å². The van der Waals surface area contributed by atoms with Gasteiger partial charge < -0.3 is 10.2 Å². The summed E-state index contributed by atoms with van der Waals surface area (Å²) in [6.45, 7) is 15.3. The number of nitrogens with one attached hydrogen (secondary N) is 1. The lowest BCUT2D eigenvalue weighted by Gasteiger charge is -2.34. The maximum Gasteiger partial charge on any atom is 0.234 e. The highest BCUT2D eigenvalue weighted by Crippen LogP contribution is 2.17. The number of rotatable bonds is 8. The van der Waals surface area contributed by atoms with Crippen LogP contribution < -0.4 is 5.32 Å². The number of hydrogen-bond donors (Lipinski definition) is 1. The number of nitrogens with zero attached hydrogens (tertiary/aromatic N) is 4. The Hall–Kier alpha value is -1.89. The molecule has 2 amide bonds. The van der Waals surface area contributed by atoms with Crippen molar-refractivity contribution in [2.45, 2.75) is 54.0 Å². The third kappa shape index (κ3) is 6.06. The Labute approximate surface area is 163 Å². The van der Waals surface area contributed by atoms with Gasteiger partial charge in [0.1, 0.15) is 0 Å². The SMILES string of the molecule is CCCNC(=O)CN1CCN(C(=O)Cc2c(C)nn(CC(C)C)c2C)CC1. The highest BCUT2D eigenvalue weighted by molar-refractivity contribution is 5.80. The van der Waals surface area contributed by atoms with Gasteiger partial charge in [-0.3, -0.25) is 19.2 Å². The first-order chi connectivity index (χ1) is 12.8. The number of amides is 2. The van der Waals surface area contributed by atoms with Crippen LogP contribution in [0.1, 0.15) is 44.1 Å². The van der Waals surface area contributed by atoms with Crippen LogP contribution in [0.5, 0.6) is 0 Å². The Balaban J connectivity index is 1.86. The molecule has 2 heterocycles. The molecule has 152 valence electrons. The van der Waals surface area contributed by atoms with E-state index in [9.17, 15) is 9.59 Å². The van der Waals surface area contributed by atoms with Crippen LogP contribution in [-0.4, -0.2) is 70.7 Å². The molecule has 1 N–H and O–H groups in total. The second kappa shape index (κ2) is 9.88. The monoisotopic (exact) mass is 377 g/mol. The van der Waals surface area contributed by atoms with Gasteiger partial charge in [0.05, 0.1) is 18.7 Å². The van der Waals surface area contributed by atoms with Gasteiger partial charge in [-0.05, 0) is 26.2 Å². The predicted molar refractivity (Wildman–Crippen MR) is 107 cm³/mol. The van der Waals surface area contributed by atoms with E-state index < -0.39 is 0 Å². The molecular formula is C20H35N5O2. The molecule has 0 aliphatic carbocycles. The van der Waals surface area contributed by atoms with Gasteiger partial charge in [-0.1, -0.05) is 20.8 Å². The first-order valence-electron chi connectivity index (χ1n) is 10.1. The smallest absolute Gasteiger partial charge is 0.234 e. The Morgan fingerprint density at radius 2 is 1.81 bits per heavy atom. The molecule has 1 fully saturated rings. The summed E-state index contributed by atoms with van der Waals surface area (Å²) in [4.78, 5) is 28.6. The second-order valence-electron chi connectivity index (χ2n) is 7.91. The van der Waals surface area contributed by atoms with Crippen LogP contribution in [0.4, 0.5) is 0 Å². The van der Waals surface area contributed by atoms with Crippen LogP contribution in [0, 0.1) is 19.8 Å². The van der Waals surface area contributed by atoms with Crippen LogP contribution in [0.15, 0.2) is 0 Å². The van der Waals surface area contributed by atoms with Gasteiger partial charge in [0.15, 0.2) is 0 Å². The van der Waals surface area contributed by atoms with E-state index in [0.29, 0.717) is 32.0 Å². The molecule has 0 bridgehead atoms.